The number of aliphatic imine (C=N–C) groups is 1. The SMILES string of the molecule is Cc1cccc(OCC2=NCCN2C(=O)Nc2ccc([N+](=O)[O-])cc2)c1C. The molecule has 1 N–H and O–H groups in total. The monoisotopic (exact) mass is 368 g/mol. The van der Waals surface area contributed by atoms with Gasteiger partial charge in [0, 0.05) is 24.4 Å². The number of hydrogen-bond acceptors (Lipinski definition) is 5. The van der Waals surface area contributed by atoms with E-state index in [0.29, 0.717) is 24.6 Å². The molecule has 0 aliphatic carbocycles. The number of amidine groups is 1. The Balaban J connectivity index is 1.62. The first kappa shape index (κ1) is 18.4. The lowest BCUT2D eigenvalue weighted by molar-refractivity contribution is -0.384. The van der Waals surface area contributed by atoms with E-state index in [1.807, 2.05) is 32.0 Å². The second-order valence-electron chi connectivity index (χ2n) is 6.17. The second kappa shape index (κ2) is 7.86. The van der Waals surface area contributed by atoms with Crippen molar-refractivity contribution in [3.05, 3.63) is 63.7 Å². The van der Waals surface area contributed by atoms with Crippen LogP contribution in [0.25, 0.3) is 0 Å². The third-order valence-electron chi connectivity index (χ3n) is 4.42. The Morgan fingerprint density at radius 2 is 2.00 bits per heavy atom. The van der Waals surface area contributed by atoms with Crippen molar-refractivity contribution in [3.8, 4) is 5.75 Å². The number of non-ortho nitro benzene ring substituents is 1. The second-order valence-corrected chi connectivity index (χ2v) is 6.17. The van der Waals surface area contributed by atoms with E-state index in [2.05, 4.69) is 10.3 Å². The van der Waals surface area contributed by atoms with Crippen LogP contribution in [0.4, 0.5) is 16.2 Å². The first-order chi connectivity index (χ1) is 13.0. The summed E-state index contributed by atoms with van der Waals surface area (Å²) in [4.78, 5) is 28.6. The predicted molar refractivity (Wildman–Crippen MR) is 103 cm³/mol. The molecule has 27 heavy (non-hydrogen) atoms. The molecule has 0 atom stereocenters. The van der Waals surface area contributed by atoms with Gasteiger partial charge in [-0.2, -0.15) is 0 Å². The third-order valence-corrected chi connectivity index (χ3v) is 4.42. The molecule has 0 fully saturated rings. The molecule has 0 spiro atoms. The maximum Gasteiger partial charge on any atom is 0.327 e. The molecule has 2 aromatic rings. The highest BCUT2D eigenvalue weighted by molar-refractivity contribution is 6.04. The minimum atomic E-state index is -0.485. The Bertz CT molecular complexity index is 893. The van der Waals surface area contributed by atoms with Gasteiger partial charge >= 0.3 is 6.03 Å². The molecule has 8 nitrogen and oxygen atoms in total. The molecule has 0 radical (unpaired) electrons. The molecule has 0 saturated heterocycles. The van der Waals surface area contributed by atoms with E-state index < -0.39 is 4.92 Å². The number of amides is 2. The van der Waals surface area contributed by atoms with Gasteiger partial charge in [-0.25, -0.2) is 4.79 Å². The number of anilines is 1. The van der Waals surface area contributed by atoms with E-state index in [9.17, 15) is 14.9 Å². The number of carbonyl (C=O) groups is 1. The van der Waals surface area contributed by atoms with E-state index in [4.69, 9.17) is 4.74 Å². The van der Waals surface area contributed by atoms with Crippen LogP contribution in [-0.4, -0.2) is 41.4 Å². The summed E-state index contributed by atoms with van der Waals surface area (Å²) < 4.78 is 5.85. The van der Waals surface area contributed by atoms with Gasteiger partial charge in [0.1, 0.15) is 18.2 Å². The fourth-order valence-corrected chi connectivity index (χ4v) is 2.72. The number of rotatable bonds is 5. The number of nitrogens with zero attached hydrogens (tertiary/aromatic N) is 3. The Hall–Kier alpha value is -3.42. The molecule has 1 heterocycles. The van der Waals surface area contributed by atoms with Gasteiger partial charge in [0.05, 0.1) is 11.5 Å². The minimum absolute atomic E-state index is 0.0293. The summed E-state index contributed by atoms with van der Waals surface area (Å²) in [6.07, 6.45) is 0. The van der Waals surface area contributed by atoms with Crippen molar-refractivity contribution in [1.82, 2.24) is 4.90 Å². The first-order valence-corrected chi connectivity index (χ1v) is 8.51. The highest BCUT2D eigenvalue weighted by Crippen LogP contribution is 2.21. The van der Waals surface area contributed by atoms with Crippen LogP contribution in [-0.2, 0) is 0 Å². The number of carbonyl (C=O) groups excluding carboxylic acids is 1. The summed E-state index contributed by atoms with van der Waals surface area (Å²) in [6.45, 7) is 5.17. The summed E-state index contributed by atoms with van der Waals surface area (Å²) >= 11 is 0. The highest BCUT2D eigenvalue weighted by atomic mass is 16.6. The quantitative estimate of drug-likeness (QED) is 0.645. The summed E-state index contributed by atoms with van der Waals surface area (Å²) in [5, 5.41) is 13.4. The lowest BCUT2D eigenvalue weighted by Gasteiger charge is -2.20. The smallest absolute Gasteiger partial charge is 0.327 e. The predicted octanol–water partition coefficient (Wildman–Crippen LogP) is 3.54. The van der Waals surface area contributed by atoms with Crippen LogP contribution in [0.15, 0.2) is 47.5 Å². The standard InChI is InChI=1S/C19H20N4O4/c1-13-4-3-5-17(14(13)2)27-12-18-20-10-11-22(18)19(24)21-15-6-8-16(9-7-15)23(25)26/h3-9H,10-12H2,1-2H3,(H,21,24). The van der Waals surface area contributed by atoms with Crippen LogP contribution in [0.1, 0.15) is 11.1 Å². The molecule has 0 bridgehead atoms. The van der Waals surface area contributed by atoms with Crippen molar-refractivity contribution in [2.45, 2.75) is 13.8 Å². The highest BCUT2D eigenvalue weighted by Gasteiger charge is 2.24. The van der Waals surface area contributed by atoms with Gasteiger partial charge in [0.2, 0.25) is 0 Å². The van der Waals surface area contributed by atoms with Crippen molar-refractivity contribution in [2.75, 3.05) is 25.0 Å². The molecule has 0 unspecified atom stereocenters. The van der Waals surface area contributed by atoms with Crippen molar-refractivity contribution in [3.63, 3.8) is 0 Å². The first-order valence-electron chi connectivity index (χ1n) is 8.51. The number of hydrogen-bond donors (Lipinski definition) is 1. The number of nitrogens with one attached hydrogen (secondary N) is 1. The maximum absolute atomic E-state index is 12.5. The summed E-state index contributed by atoms with van der Waals surface area (Å²) in [7, 11) is 0. The van der Waals surface area contributed by atoms with E-state index in [0.717, 1.165) is 16.9 Å². The Morgan fingerprint density at radius 3 is 2.70 bits per heavy atom. The van der Waals surface area contributed by atoms with E-state index in [-0.39, 0.29) is 18.3 Å². The fourth-order valence-electron chi connectivity index (χ4n) is 2.72. The average Bonchev–Trinajstić information content (AvgIpc) is 3.12. The molecule has 140 valence electrons. The van der Waals surface area contributed by atoms with Crippen LogP contribution in [0.2, 0.25) is 0 Å². The van der Waals surface area contributed by atoms with Crippen LogP contribution < -0.4 is 10.1 Å². The number of aryl methyl sites for hydroxylation is 1. The van der Waals surface area contributed by atoms with E-state index >= 15 is 0 Å². The number of ether oxygens (including phenoxy) is 1. The summed E-state index contributed by atoms with van der Waals surface area (Å²) in [6, 6.07) is 11.2. The third kappa shape index (κ3) is 4.22. The fraction of sp³-hybridized carbons (Fsp3) is 0.263. The minimum Gasteiger partial charge on any atom is -0.485 e. The molecule has 3 rings (SSSR count). The zero-order valence-electron chi connectivity index (χ0n) is 15.1. The van der Waals surface area contributed by atoms with Crippen molar-refractivity contribution < 1.29 is 14.5 Å². The van der Waals surface area contributed by atoms with Gasteiger partial charge < -0.3 is 10.1 Å². The number of nitro benzene ring substituents is 1. The molecule has 1 aliphatic rings. The van der Waals surface area contributed by atoms with Crippen LogP contribution in [0.5, 0.6) is 5.75 Å². The lowest BCUT2D eigenvalue weighted by atomic mass is 10.1. The zero-order valence-corrected chi connectivity index (χ0v) is 15.1. The normalized spacial score (nSPS) is 13.3. The van der Waals surface area contributed by atoms with Crippen molar-refractivity contribution in [2.24, 2.45) is 4.99 Å². The number of nitro groups is 1. The summed E-state index contributed by atoms with van der Waals surface area (Å²) in [5.74, 6) is 1.32. The van der Waals surface area contributed by atoms with Gasteiger partial charge in [0.25, 0.3) is 5.69 Å². The molecule has 2 amide bonds. The van der Waals surface area contributed by atoms with Gasteiger partial charge in [-0.3, -0.25) is 20.0 Å². The van der Waals surface area contributed by atoms with Crippen molar-refractivity contribution >= 4 is 23.2 Å². The van der Waals surface area contributed by atoms with Gasteiger partial charge in [0.15, 0.2) is 0 Å². The Morgan fingerprint density at radius 1 is 1.26 bits per heavy atom. The molecular weight excluding hydrogens is 348 g/mol. The number of benzene rings is 2. The Labute approximate surface area is 156 Å². The van der Waals surface area contributed by atoms with Gasteiger partial charge in [-0.1, -0.05) is 12.1 Å². The topological polar surface area (TPSA) is 97.1 Å². The maximum atomic E-state index is 12.5. The van der Waals surface area contributed by atoms with Crippen molar-refractivity contribution in [1.29, 1.82) is 0 Å². The Kier molecular flexibility index (Phi) is 5.35. The molecular formula is C19H20N4O4. The lowest BCUT2D eigenvalue weighted by Crippen LogP contribution is -2.40. The van der Waals surface area contributed by atoms with Gasteiger partial charge in [-0.05, 0) is 43.2 Å². The molecule has 0 aromatic heterocycles. The average molecular weight is 368 g/mol. The number of urea groups is 1. The van der Waals surface area contributed by atoms with Crippen LogP contribution in [0, 0.1) is 24.0 Å². The van der Waals surface area contributed by atoms with E-state index in [1.54, 1.807) is 0 Å². The molecule has 0 saturated carbocycles. The summed E-state index contributed by atoms with van der Waals surface area (Å²) in [5.41, 5.74) is 2.64. The largest absolute Gasteiger partial charge is 0.485 e. The van der Waals surface area contributed by atoms with E-state index in [1.165, 1.54) is 29.2 Å². The van der Waals surface area contributed by atoms with Crippen LogP contribution in [0.3, 0.4) is 0 Å². The van der Waals surface area contributed by atoms with Crippen LogP contribution >= 0.6 is 0 Å². The molecule has 1 aliphatic heterocycles. The van der Waals surface area contributed by atoms with Gasteiger partial charge in [-0.15, -0.1) is 0 Å². The molecule has 2 aromatic carbocycles. The molecule has 8 heteroatoms. The zero-order chi connectivity index (χ0) is 19.4.